The lowest BCUT2D eigenvalue weighted by molar-refractivity contribution is 0.412. The summed E-state index contributed by atoms with van der Waals surface area (Å²) >= 11 is 6.95. The molecule has 0 spiro atoms. The number of phenols is 1. The summed E-state index contributed by atoms with van der Waals surface area (Å²) in [5.41, 5.74) is 3.63. The molecule has 3 aromatic carbocycles. The van der Waals surface area contributed by atoms with Gasteiger partial charge in [-0.05, 0) is 53.6 Å². The summed E-state index contributed by atoms with van der Waals surface area (Å²) in [5.74, 6) is -0.0477. The fourth-order valence-electron chi connectivity index (χ4n) is 3.34. The van der Waals surface area contributed by atoms with Gasteiger partial charge in [-0.2, -0.15) is 0 Å². The third-order valence-corrected chi connectivity index (χ3v) is 5.79. The SMILES string of the molecule is Oc1ccc(Br)cc1[C@H]1CC(c2ccc(Br)cc2)=N[C@H](c2ccc(F)cc2)N1. The van der Waals surface area contributed by atoms with Crippen molar-refractivity contribution in [1.82, 2.24) is 5.32 Å². The van der Waals surface area contributed by atoms with Gasteiger partial charge in [0.2, 0.25) is 0 Å². The van der Waals surface area contributed by atoms with Gasteiger partial charge < -0.3 is 5.11 Å². The van der Waals surface area contributed by atoms with Crippen molar-refractivity contribution in [3.8, 4) is 5.75 Å². The summed E-state index contributed by atoms with van der Waals surface area (Å²) in [7, 11) is 0. The van der Waals surface area contributed by atoms with Crippen LogP contribution in [-0.4, -0.2) is 10.8 Å². The summed E-state index contributed by atoms with van der Waals surface area (Å²) < 4.78 is 15.3. The zero-order valence-electron chi connectivity index (χ0n) is 14.7. The summed E-state index contributed by atoms with van der Waals surface area (Å²) in [5, 5.41) is 13.9. The molecule has 2 atom stereocenters. The fraction of sp³-hybridized carbons (Fsp3) is 0.136. The number of benzene rings is 3. The fourth-order valence-corrected chi connectivity index (χ4v) is 3.99. The molecule has 28 heavy (non-hydrogen) atoms. The third kappa shape index (κ3) is 4.19. The molecule has 0 bridgehead atoms. The lowest BCUT2D eigenvalue weighted by atomic mass is 9.93. The quantitative estimate of drug-likeness (QED) is 0.441. The molecule has 0 aliphatic carbocycles. The van der Waals surface area contributed by atoms with Gasteiger partial charge in [-0.3, -0.25) is 10.3 Å². The monoisotopic (exact) mass is 502 g/mol. The van der Waals surface area contributed by atoms with Crippen molar-refractivity contribution < 1.29 is 9.50 Å². The average Bonchev–Trinajstić information content (AvgIpc) is 2.70. The second kappa shape index (κ2) is 8.15. The molecule has 0 radical (unpaired) electrons. The van der Waals surface area contributed by atoms with Gasteiger partial charge in [-0.1, -0.05) is 56.1 Å². The Hall–Kier alpha value is -2.02. The van der Waals surface area contributed by atoms with Crippen molar-refractivity contribution in [2.75, 3.05) is 0 Å². The van der Waals surface area contributed by atoms with E-state index in [-0.39, 0.29) is 23.8 Å². The lowest BCUT2D eigenvalue weighted by Gasteiger charge is -2.31. The van der Waals surface area contributed by atoms with Crippen LogP contribution in [0.5, 0.6) is 5.75 Å². The Kier molecular flexibility index (Phi) is 5.62. The number of rotatable bonds is 3. The van der Waals surface area contributed by atoms with E-state index in [1.807, 2.05) is 36.4 Å². The minimum atomic E-state index is -0.337. The third-order valence-electron chi connectivity index (χ3n) is 4.77. The highest BCUT2D eigenvalue weighted by molar-refractivity contribution is 9.10. The minimum Gasteiger partial charge on any atom is -0.508 e. The number of hydrogen-bond acceptors (Lipinski definition) is 3. The Bertz CT molecular complexity index is 1020. The number of aliphatic imine (C=N–C) groups is 1. The molecule has 0 saturated heterocycles. The molecule has 1 heterocycles. The van der Waals surface area contributed by atoms with Crippen molar-refractivity contribution >= 4 is 37.6 Å². The molecule has 1 aliphatic heterocycles. The van der Waals surface area contributed by atoms with E-state index in [2.05, 4.69) is 37.2 Å². The van der Waals surface area contributed by atoms with Gasteiger partial charge in [0.05, 0.1) is 0 Å². The van der Waals surface area contributed by atoms with Crippen molar-refractivity contribution in [2.45, 2.75) is 18.6 Å². The van der Waals surface area contributed by atoms with Gasteiger partial charge >= 0.3 is 0 Å². The standard InChI is InChI=1S/C22H17Br2FN2O/c23-15-5-1-13(2-6-15)19-12-20(18-11-16(24)7-10-21(18)28)27-22(26-19)14-3-8-17(25)9-4-14/h1-11,20,22,27-28H,12H2/t20-,22+/m1/s1. The van der Waals surface area contributed by atoms with Crippen LogP contribution in [0.2, 0.25) is 0 Å². The number of nitrogens with zero attached hydrogens (tertiary/aromatic N) is 1. The number of aromatic hydroxyl groups is 1. The van der Waals surface area contributed by atoms with E-state index < -0.39 is 0 Å². The molecule has 0 saturated carbocycles. The number of halogens is 3. The summed E-state index contributed by atoms with van der Waals surface area (Å²) in [6.07, 6.45) is 0.292. The molecule has 1 aliphatic rings. The summed E-state index contributed by atoms with van der Waals surface area (Å²) in [6, 6.07) is 19.6. The maximum Gasteiger partial charge on any atom is 0.126 e. The zero-order chi connectivity index (χ0) is 19.7. The number of phenolic OH excluding ortho intramolecular Hbond substituents is 1. The second-order valence-corrected chi connectivity index (χ2v) is 8.49. The lowest BCUT2D eigenvalue weighted by Crippen LogP contribution is -2.33. The second-order valence-electron chi connectivity index (χ2n) is 6.66. The zero-order valence-corrected chi connectivity index (χ0v) is 17.9. The van der Waals surface area contributed by atoms with Crippen LogP contribution in [0.4, 0.5) is 4.39 Å². The first kappa shape index (κ1) is 19.3. The maximum atomic E-state index is 13.4. The molecular formula is C22H17Br2FN2O. The van der Waals surface area contributed by atoms with Crippen LogP contribution in [-0.2, 0) is 0 Å². The molecule has 4 rings (SSSR count). The molecule has 3 aromatic rings. The Labute approximate surface area is 179 Å². The Morgan fingerprint density at radius 1 is 0.929 bits per heavy atom. The first-order valence-electron chi connectivity index (χ1n) is 8.82. The van der Waals surface area contributed by atoms with Crippen LogP contribution >= 0.6 is 31.9 Å². The minimum absolute atomic E-state index is 0.135. The van der Waals surface area contributed by atoms with Gasteiger partial charge in [-0.15, -0.1) is 0 Å². The molecule has 2 N–H and O–H groups in total. The van der Waals surface area contributed by atoms with Crippen LogP contribution in [0.15, 0.2) is 80.7 Å². The number of nitrogens with one attached hydrogen (secondary N) is 1. The normalized spacial score (nSPS) is 19.3. The highest BCUT2D eigenvalue weighted by Crippen LogP contribution is 2.36. The van der Waals surface area contributed by atoms with Crippen LogP contribution < -0.4 is 5.32 Å². The molecular weight excluding hydrogens is 487 g/mol. The van der Waals surface area contributed by atoms with E-state index in [1.165, 1.54) is 12.1 Å². The van der Waals surface area contributed by atoms with Crippen molar-refractivity contribution in [3.05, 3.63) is 98.2 Å². The molecule has 142 valence electrons. The summed E-state index contributed by atoms with van der Waals surface area (Å²) in [4.78, 5) is 4.88. The van der Waals surface area contributed by atoms with Crippen molar-refractivity contribution in [3.63, 3.8) is 0 Å². The average molecular weight is 504 g/mol. The maximum absolute atomic E-state index is 13.4. The topological polar surface area (TPSA) is 44.6 Å². The van der Waals surface area contributed by atoms with E-state index in [1.54, 1.807) is 18.2 Å². The van der Waals surface area contributed by atoms with E-state index >= 15 is 0 Å². The van der Waals surface area contributed by atoms with E-state index in [4.69, 9.17) is 4.99 Å². The first-order valence-corrected chi connectivity index (χ1v) is 10.4. The van der Waals surface area contributed by atoms with Crippen molar-refractivity contribution in [2.24, 2.45) is 4.99 Å². The summed E-state index contributed by atoms with van der Waals surface area (Å²) in [6.45, 7) is 0. The van der Waals surface area contributed by atoms with Gasteiger partial charge in [0.15, 0.2) is 0 Å². The molecule has 0 unspecified atom stereocenters. The van der Waals surface area contributed by atoms with E-state index in [0.717, 1.165) is 31.3 Å². The van der Waals surface area contributed by atoms with E-state index in [0.29, 0.717) is 6.42 Å². The van der Waals surface area contributed by atoms with Crippen LogP contribution in [0.25, 0.3) is 0 Å². The van der Waals surface area contributed by atoms with Gasteiger partial charge in [0, 0.05) is 32.7 Å². The predicted molar refractivity (Wildman–Crippen MR) is 116 cm³/mol. The van der Waals surface area contributed by atoms with E-state index in [9.17, 15) is 9.50 Å². The smallest absolute Gasteiger partial charge is 0.126 e. The molecule has 0 amide bonds. The molecule has 3 nitrogen and oxygen atoms in total. The van der Waals surface area contributed by atoms with Gasteiger partial charge in [0.25, 0.3) is 0 Å². The highest BCUT2D eigenvalue weighted by atomic mass is 79.9. The Balaban J connectivity index is 1.76. The molecule has 0 fully saturated rings. The molecule has 0 aromatic heterocycles. The predicted octanol–water partition coefficient (Wildman–Crippen LogP) is 6.28. The number of hydrogen-bond donors (Lipinski definition) is 2. The van der Waals surface area contributed by atoms with Crippen LogP contribution in [0, 0.1) is 5.82 Å². The Morgan fingerprint density at radius 3 is 2.32 bits per heavy atom. The van der Waals surface area contributed by atoms with Crippen LogP contribution in [0.3, 0.4) is 0 Å². The van der Waals surface area contributed by atoms with Crippen molar-refractivity contribution in [1.29, 1.82) is 0 Å². The first-order chi connectivity index (χ1) is 13.5. The van der Waals surface area contributed by atoms with Crippen LogP contribution in [0.1, 0.15) is 35.3 Å². The van der Waals surface area contributed by atoms with Gasteiger partial charge in [0.1, 0.15) is 17.7 Å². The molecule has 6 heteroatoms. The van der Waals surface area contributed by atoms with Gasteiger partial charge in [-0.25, -0.2) is 4.39 Å². The Morgan fingerprint density at radius 2 is 1.61 bits per heavy atom. The largest absolute Gasteiger partial charge is 0.508 e. The highest BCUT2D eigenvalue weighted by Gasteiger charge is 2.27.